The van der Waals surface area contributed by atoms with Crippen LogP contribution in [0.1, 0.15) is 39.7 Å². The van der Waals surface area contributed by atoms with Crippen molar-refractivity contribution in [2.75, 3.05) is 30.3 Å². The normalized spacial score (nSPS) is 11.5. The van der Waals surface area contributed by atoms with Crippen molar-refractivity contribution in [2.45, 2.75) is 45.1 Å². The summed E-state index contributed by atoms with van der Waals surface area (Å²) >= 11 is 0. The molecule has 0 amide bonds. The Morgan fingerprint density at radius 2 is 1.81 bits per heavy atom. The lowest BCUT2D eigenvalue weighted by atomic mass is 10.2. The molecular formula is C21H31N7O2S. The van der Waals surface area contributed by atoms with Gasteiger partial charge in [0.05, 0.1) is 11.1 Å². The molecule has 168 valence electrons. The highest BCUT2D eigenvalue weighted by Gasteiger charge is 2.13. The molecule has 31 heavy (non-hydrogen) atoms. The van der Waals surface area contributed by atoms with Crippen molar-refractivity contribution in [2.24, 2.45) is 5.92 Å². The number of hydrogen-bond acceptors (Lipinski definition) is 8. The second-order valence-corrected chi connectivity index (χ2v) is 9.62. The second kappa shape index (κ2) is 11.6. The first kappa shape index (κ1) is 24.5. The van der Waals surface area contributed by atoms with E-state index in [4.69, 9.17) is 0 Å². The minimum absolute atomic E-state index is 0.190. The van der Waals surface area contributed by atoms with E-state index in [1.807, 2.05) is 13.8 Å². The van der Waals surface area contributed by atoms with Crippen LogP contribution in [0.15, 0.2) is 35.4 Å². The molecule has 1 aromatic heterocycles. The highest BCUT2D eigenvalue weighted by Crippen LogP contribution is 2.19. The molecule has 2 aromatic rings. The van der Waals surface area contributed by atoms with E-state index in [1.165, 1.54) is 18.3 Å². The molecule has 0 bridgehead atoms. The lowest BCUT2D eigenvalue weighted by molar-refractivity contribution is 0.554. The summed E-state index contributed by atoms with van der Waals surface area (Å²) in [7, 11) is -3.56. The number of sulfonamides is 1. The third kappa shape index (κ3) is 8.13. The van der Waals surface area contributed by atoms with E-state index >= 15 is 0 Å². The van der Waals surface area contributed by atoms with Gasteiger partial charge in [-0.25, -0.2) is 18.1 Å². The smallest absolute Gasteiger partial charge is 0.240 e. The minimum atomic E-state index is -3.56. The highest BCUT2D eigenvalue weighted by molar-refractivity contribution is 7.89. The van der Waals surface area contributed by atoms with Crippen molar-refractivity contribution in [3.63, 3.8) is 0 Å². The predicted molar refractivity (Wildman–Crippen MR) is 123 cm³/mol. The Bertz CT molecular complexity index is 984. The van der Waals surface area contributed by atoms with Crippen LogP contribution in [-0.2, 0) is 10.0 Å². The molecule has 1 heterocycles. The fraction of sp³-hybridized carbons (Fsp3) is 0.476. The zero-order valence-corrected chi connectivity index (χ0v) is 19.3. The van der Waals surface area contributed by atoms with Gasteiger partial charge in [0, 0.05) is 24.8 Å². The first-order valence-electron chi connectivity index (χ1n) is 10.3. The van der Waals surface area contributed by atoms with Crippen LogP contribution in [0.5, 0.6) is 0 Å². The van der Waals surface area contributed by atoms with Crippen LogP contribution in [-0.4, -0.2) is 44.1 Å². The molecule has 0 saturated carbocycles. The highest BCUT2D eigenvalue weighted by atomic mass is 32.2. The molecule has 10 heteroatoms. The number of nitrogens with one attached hydrogen (secondary N) is 4. The first-order valence-corrected chi connectivity index (χ1v) is 11.8. The van der Waals surface area contributed by atoms with Crippen LogP contribution in [0, 0.1) is 17.2 Å². The van der Waals surface area contributed by atoms with Gasteiger partial charge in [-0.1, -0.05) is 27.7 Å². The molecule has 2 rings (SSSR count). The summed E-state index contributed by atoms with van der Waals surface area (Å²) < 4.78 is 27.5. The number of hydrogen-bond donors (Lipinski definition) is 4. The summed E-state index contributed by atoms with van der Waals surface area (Å²) in [6.07, 6.45) is 2.16. The van der Waals surface area contributed by atoms with E-state index in [9.17, 15) is 13.7 Å². The van der Waals surface area contributed by atoms with Crippen LogP contribution < -0.4 is 20.7 Å². The predicted octanol–water partition coefficient (Wildman–Crippen LogP) is 2.83. The number of rotatable bonds is 12. The summed E-state index contributed by atoms with van der Waals surface area (Å²) in [5.74, 6) is 1.17. The SMILES string of the molecule is CC(C)CNc1nc(Nc2ccc(S(=O)(=O)NCCCNC(C)C)cc2)ncc1C#N. The monoisotopic (exact) mass is 445 g/mol. The van der Waals surface area contributed by atoms with Gasteiger partial charge < -0.3 is 16.0 Å². The van der Waals surface area contributed by atoms with Gasteiger partial charge in [0.2, 0.25) is 16.0 Å². The molecule has 0 radical (unpaired) electrons. The molecule has 4 N–H and O–H groups in total. The molecule has 1 aromatic carbocycles. The van der Waals surface area contributed by atoms with Crippen LogP contribution >= 0.6 is 0 Å². The standard InChI is InChI=1S/C21H31N7O2S/c1-15(2)13-24-20-17(12-22)14-25-21(28-20)27-18-6-8-19(9-7-18)31(29,30)26-11-5-10-23-16(3)4/h6-9,14-16,23,26H,5,10-11,13H2,1-4H3,(H2,24,25,27,28). The van der Waals surface area contributed by atoms with Gasteiger partial charge in [-0.05, 0) is 43.1 Å². The average Bonchev–Trinajstić information content (AvgIpc) is 2.72. The maximum Gasteiger partial charge on any atom is 0.240 e. The Morgan fingerprint density at radius 1 is 1.10 bits per heavy atom. The third-order valence-corrected chi connectivity index (χ3v) is 5.68. The second-order valence-electron chi connectivity index (χ2n) is 7.85. The lowest BCUT2D eigenvalue weighted by Crippen LogP contribution is -2.29. The molecule has 0 saturated heterocycles. The number of aromatic nitrogens is 2. The molecule has 0 spiro atoms. The van der Waals surface area contributed by atoms with Crippen molar-refractivity contribution in [1.82, 2.24) is 20.0 Å². The number of benzene rings is 1. The van der Waals surface area contributed by atoms with Crippen molar-refractivity contribution in [3.8, 4) is 6.07 Å². The molecule has 0 aliphatic rings. The van der Waals surface area contributed by atoms with Gasteiger partial charge in [0.1, 0.15) is 17.5 Å². The lowest BCUT2D eigenvalue weighted by Gasteiger charge is -2.12. The van der Waals surface area contributed by atoms with Crippen molar-refractivity contribution >= 4 is 27.5 Å². The minimum Gasteiger partial charge on any atom is -0.369 e. The van der Waals surface area contributed by atoms with Crippen LogP contribution in [0.3, 0.4) is 0 Å². The van der Waals surface area contributed by atoms with Gasteiger partial charge in [0.25, 0.3) is 0 Å². The molecular weight excluding hydrogens is 414 g/mol. The summed E-state index contributed by atoms with van der Waals surface area (Å²) in [6.45, 7) is 10.0. The Morgan fingerprint density at radius 3 is 2.42 bits per heavy atom. The third-order valence-electron chi connectivity index (χ3n) is 4.21. The fourth-order valence-electron chi connectivity index (χ4n) is 2.57. The Labute approximate surface area is 184 Å². The van der Waals surface area contributed by atoms with E-state index in [-0.39, 0.29) is 4.90 Å². The Hall–Kier alpha value is -2.74. The summed E-state index contributed by atoms with van der Waals surface area (Å²) in [6, 6.07) is 8.80. The molecule has 0 unspecified atom stereocenters. The fourth-order valence-corrected chi connectivity index (χ4v) is 3.65. The van der Waals surface area contributed by atoms with Gasteiger partial charge in [-0.3, -0.25) is 0 Å². The Kier molecular flexibility index (Phi) is 9.18. The Balaban J connectivity index is 2.00. The van der Waals surface area contributed by atoms with Crippen molar-refractivity contribution < 1.29 is 8.42 Å². The van der Waals surface area contributed by atoms with Gasteiger partial charge in [0.15, 0.2) is 0 Å². The maximum atomic E-state index is 12.4. The van der Waals surface area contributed by atoms with Crippen LogP contribution in [0.25, 0.3) is 0 Å². The summed E-state index contributed by atoms with van der Waals surface area (Å²) in [5, 5.41) is 18.7. The molecule has 9 nitrogen and oxygen atoms in total. The molecule has 0 aliphatic heterocycles. The van der Waals surface area contributed by atoms with Crippen LogP contribution in [0.4, 0.5) is 17.5 Å². The quantitative estimate of drug-likeness (QED) is 0.367. The van der Waals surface area contributed by atoms with E-state index in [0.29, 0.717) is 54.5 Å². The number of nitriles is 1. The summed E-state index contributed by atoms with van der Waals surface area (Å²) in [5.41, 5.74) is 1.00. The van der Waals surface area contributed by atoms with Crippen LogP contribution in [0.2, 0.25) is 0 Å². The largest absolute Gasteiger partial charge is 0.369 e. The number of nitrogens with zero attached hydrogens (tertiary/aromatic N) is 3. The van der Waals surface area contributed by atoms with E-state index in [1.54, 1.807) is 12.1 Å². The zero-order valence-electron chi connectivity index (χ0n) is 18.4. The first-order chi connectivity index (χ1) is 14.7. The van der Waals surface area contributed by atoms with Gasteiger partial charge >= 0.3 is 0 Å². The van der Waals surface area contributed by atoms with E-state index in [2.05, 4.69) is 50.6 Å². The zero-order chi connectivity index (χ0) is 22.9. The maximum absolute atomic E-state index is 12.4. The molecule has 0 aliphatic carbocycles. The molecule has 0 fully saturated rings. The molecule has 0 atom stereocenters. The average molecular weight is 446 g/mol. The van der Waals surface area contributed by atoms with Gasteiger partial charge in [-0.15, -0.1) is 0 Å². The van der Waals surface area contributed by atoms with E-state index in [0.717, 1.165) is 6.54 Å². The van der Waals surface area contributed by atoms with Crippen molar-refractivity contribution in [3.05, 3.63) is 36.0 Å². The summed E-state index contributed by atoms with van der Waals surface area (Å²) in [4.78, 5) is 8.70. The van der Waals surface area contributed by atoms with Crippen molar-refractivity contribution in [1.29, 1.82) is 5.26 Å². The number of anilines is 3. The van der Waals surface area contributed by atoms with Gasteiger partial charge in [-0.2, -0.15) is 10.2 Å². The van der Waals surface area contributed by atoms with E-state index < -0.39 is 10.0 Å². The topological polar surface area (TPSA) is 132 Å².